The number of nitrogens with zero attached hydrogens (tertiary/aromatic N) is 3. The van der Waals surface area contributed by atoms with E-state index < -0.39 is 10.8 Å². The molecule has 9 nitrogen and oxygen atoms in total. The topological polar surface area (TPSA) is 144 Å². The Morgan fingerprint density at radius 1 is 1.40 bits per heavy atom. The molecule has 30 heavy (non-hydrogen) atoms. The first kappa shape index (κ1) is 19.5. The van der Waals surface area contributed by atoms with Crippen LogP contribution in [0.15, 0.2) is 46.2 Å². The highest BCUT2D eigenvalue weighted by molar-refractivity contribution is 6.31. The fraction of sp³-hybridized carbons (Fsp3) is 0.200. The van der Waals surface area contributed by atoms with Gasteiger partial charge in [-0.15, -0.1) is 5.10 Å². The predicted octanol–water partition coefficient (Wildman–Crippen LogP) is 4.40. The number of ether oxygens (including phenoxy) is 1. The second kappa shape index (κ2) is 7.57. The molecule has 152 valence electrons. The highest BCUT2D eigenvalue weighted by Gasteiger charge is 2.37. The molecule has 1 atom stereocenters. The van der Waals surface area contributed by atoms with Gasteiger partial charge in [0.25, 0.3) is 5.69 Å². The Morgan fingerprint density at radius 3 is 2.90 bits per heavy atom. The third-order valence-electron chi connectivity index (χ3n) is 4.85. The summed E-state index contributed by atoms with van der Waals surface area (Å²) in [6.07, 6.45) is 1.54. The van der Waals surface area contributed by atoms with Gasteiger partial charge in [0.05, 0.1) is 22.0 Å². The summed E-state index contributed by atoms with van der Waals surface area (Å²) >= 11 is 6.04. The molecule has 0 saturated heterocycles. The molecule has 0 amide bonds. The van der Waals surface area contributed by atoms with Gasteiger partial charge in [0, 0.05) is 16.8 Å². The molecular weight excluding hydrogens is 410 g/mol. The number of aryl methyl sites for hydroxylation is 1. The fourth-order valence-corrected chi connectivity index (χ4v) is 3.72. The summed E-state index contributed by atoms with van der Waals surface area (Å²) in [4.78, 5) is 10.9. The molecule has 0 fully saturated rings. The summed E-state index contributed by atoms with van der Waals surface area (Å²) in [5.41, 5.74) is 7.71. The van der Waals surface area contributed by atoms with Gasteiger partial charge in [-0.25, -0.2) is 0 Å². The van der Waals surface area contributed by atoms with Crippen LogP contribution >= 0.6 is 11.6 Å². The lowest BCUT2D eigenvalue weighted by Crippen LogP contribution is -2.21. The van der Waals surface area contributed by atoms with Crippen LogP contribution in [0, 0.1) is 21.4 Å². The van der Waals surface area contributed by atoms with Gasteiger partial charge in [0.1, 0.15) is 23.2 Å². The van der Waals surface area contributed by atoms with Crippen molar-refractivity contribution < 1.29 is 14.1 Å². The van der Waals surface area contributed by atoms with Crippen molar-refractivity contribution in [3.63, 3.8) is 0 Å². The first-order valence-electron chi connectivity index (χ1n) is 9.13. The van der Waals surface area contributed by atoms with Crippen LogP contribution in [0.5, 0.6) is 5.88 Å². The number of hydrogen-bond acceptors (Lipinski definition) is 7. The molecule has 0 spiro atoms. The Morgan fingerprint density at radius 2 is 2.20 bits per heavy atom. The number of nitro groups is 1. The van der Waals surface area contributed by atoms with Gasteiger partial charge in [0.2, 0.25) is 11.8 Å². The van der Waals surface area contributed by atoms with Crippen molar-refractivity contribution in [2.24, 2.45) is 5.73 Å². The van der Waals surface area contributed by atoms with Crippen molar-refractivity contribution in [1.29, 1.82) is 5.26 Å². The van der Waals surface area contributed by atoms with Crippen LogP contribution in [0.4, 0.5) is 5.69 Å². The van der Waals surface area contributed by atoms with E-state index in [2.05, 4.69) is 16.3 Å². The lowest BCUT2D eigenvalue weighted by Gasteiger charge is -2.22. The Bertz CT molecular complexity index is 1220. The normalized spacial score (nSPS) is 15.4. The number of H-pyrrole nitrogens is 1. The number of furan rings is 1. The van der Waals surface area contributed by atoms with Gasteiger partial charge >= 0.3 is 0 Å². The lowest BCUT2D eigenvalue weighted by molar-refractivity contribution is -0.384. The first-order valence-corrected chi connectivity index (χ1v) is 9.51. The Hall–Kier alpha value is -3.77. The molecule has 0 aliphatic carbocycles. The maximum atomic E-state index is 11.4. The summed E-state index contributed by atoms with van der Waals surface area (Å²) in [6, 6.07) is 9.58. The maximum absolute atomic E-state index is 11.4. The number of hydrogen-bond donors (Lipinski definition) is 2. The molecule has 2 aromatic heterocycles. The molecule has 3 heterocycles. The minimum Gasteiger partial charge on any atom is -0.460 e. The van der Waals surface area contributed by atoms with E-state index >= 15 is 0 Å². The van der Waals surface area contributed by atoms with Crippen LogP contribution in [0.1, 0.15) is 36.3 Å². The number of benzene rings is 1. The first-order chi connectivity index (χ1) is 14.4. The number of allylic oxidation sites excluding steroid dienone is 1. The molecule has 1 aliphatic heterocycles. The van der Waals surface area contributed by atoms with Crippen molar-refractivity contribution in [3.8, 4) is 23.3 Å². The maximum Gasteiger partial charge on any atom is 0.280 e. The molecule has 1 aromatic carbocycles. The Kier molecular flexibility index (Phi) is 4.93. The summed E-state index contributed by atoms with van der Waals surface area (Å²) in [7, 11) is 0. The van der Waals surface area contributed by atoms with Gasteiger partial charge in [-0.2, -0.15) is 5.26 Å². The molecule has 1 aliphatic rings. The van der Waals surface area contributed by atoms with E-state index in [1.807, 2.05) is 6.92 Å². The SMILES string of the molecule is CCCc1[nH]nc2c1[C@@H](c1ccc(-c3cc(Cl)ccc3[N+](=O)[O-])o1)C(C#N)=C(N)O2. The number of halogens is 1. The minimum atomic E-state index is -0.647. The smallest absolute Gasteiger partial charge is 0.280 e. The van der Waals surface area contributed by atoms with E-state index in [1.54, 1.807) is 12.1 Å². The van der Waals surface area contributed by atoms with Crippen molar-refractivity contribution >= 4 is 17.3 Å². The van der Waals surface area contributed by atoms with Gasteiger partial charge in [-0.1, -0.05) is 24.9 Å². The van der Waals surface area contributed by atoms with Gasteiger partial charge in [0.15, 0.2) is 0 Å². The van der Waals surface area contributed by atoms with Crippen LogP contribution in [0.3, 0.4) is 0 Å². The summed E-state index contributed by atoms with van der Waals surface area (Å²) in [6.45, 7) is 2.02. The molecule has 3 aromatic rings. The third-order valence-corrected chi connectivity index (χ3v) is 5.08. The number of fused-ring (bicyclic) bond motifs is 1. The average molecular weight is 426 g/mol. The number of rotatable bonds is 5. The number of aromatic nitrogens is 2. The van der Waals surface area contributed by atoms with E-state index in [9.17, 15) is 15.4 Å². The van der Waals surface area contributed by atoms with Gasteiger partial charge in [-0.05, 0) is 30.7 Å². The quantitative estimate of drug-likeness (QED) is 0.455. The fourth-order valence-electron chi connectivity index (χ4n) is 3.55. The largest absolute Gasteiger partial charge is 0.460 e. The molecule has 0 radical (unpaired) electrons. The zero-order valence-corrected chi connectivity index (χ0v) is 16.6. The zero-order chi connectivity index (χ0) is 21.4. The van der Waals surface area contributed by atoms with Gasteiger partial charge in [-0.3, -0.25) is 15.2 Å². The van der Waals surface area contributed by atoms with Crippen LogP contribution in [-0.2, 0) is 6.42 Å². The monoisotopic (exact) mass is 425 g/mol. The molecule has 0 unspecified atom stereocenters. The lowest BCUT2D eigenvalue weighted by atomic mass is 9.87. The molecule has 3 N–H and O–H groups in total. The summed E-state index contributed by atoms with van der Waals surface area (Å²) in [5, 5.41) is 28.6. The van der Waals surface area contributed by atoms with Crippen LogP contribution in [-0.4, -0.2) is 15.1 Å². The van der Waals surface area contributed by atoms with Gasteiger partial charge < -0.3 is 14.9 Å². The minimum absolute atomic E-state index is 0.0590. The van der Waals surface area contributed by atoms with E-state index in [-0.39, 0.29) is 34.3 Å². The van der Waals surface area contributed by atoms with Crippen LogP contribution in [0.2, 0.25) is 5.02 Å². The van der Waals surface area contributed by atoms with Crippen LogP contribution in [0.25, 0.3) is 11.3 Å². The molecular formula is C20H16ClN5O4. The second-order valence-electron chi connectivity index (χ2n) is 6.72. The van der Waals surface area contributed by atoms with E-state index in [0.717, 1.165) is 12.1 Å². The zero-order valence-electron chi connectivity index (χ0n) is 15.8. The molecule has 0 bridgehead atoms. The molecule has 10 heteroatoms. The highest BCUT2D eigenvalue weighted by Crippen LogP contribution is 2.45. The van der Waals surface area contributed by atoms with Crippen molar-refractivity contribution in [1.82, 2.24) is 10.2 Å². The highest BCUT2D eigenvalue weighted by atomic mass is 35.5. The number of nitrogens with one attached hydrogen (secondary N) is 1. The predicted molar refractivity (Wildman–Crippen MR) is 108 cm³/mol. The van der Waals surface area contributed by atoms with E-state index in [1.165, 1.54) is 18.2 Å². The van der Waals surface area contributed by atoms with Crippen molar-refractivity contribution in [2.45, 2.75) is 25.7 Å². The third kappa shape index (κ3) is 3.17. The Labute approximate surface area is 175 Å². The standard InChI is InChI=1S/C20H16ClN5O4/c1-2-3-13-18-17(12(9-22)19(23)30-20(18)25-24-13)16-7-6-15(29-16)11-8-10(21)4-5-14(11)26(27)28/h4-8,17H,2-3,23H2,1H3,(H,24,25)/t17-/m1/s1. The van der Waals surface area contributed by atoms with Crippen molar-refractivity contribution in [3.05, 3.63) is 73.9 Å². The van der Waals surface area contributed by atoms with E-state index in [4.69, 9.17) is 26.5 Å². The van der Waals surface area contributed by atoms with E-state index in [0.29, 0.717) is 22.8 Å². The number of nitrogens with two attached hydrogens (primary N) is 1. The second-order valence-corrected chi connectivity index (χ2v) is 7.15. The Balaban J connectivity index is 1.86. The summed E-state index contributed by atoms with van der Waals surface area (Å²) < 4.78 is 11.5. The number of nitro benzene ring substituents is 1. The average Bonchev–Trinajstić information content (AvgIpc) is 3.34. The number of aromatic amines is 1. The summed E-state index contributed by atoms with van der Waals surface area (Å²) in [5.74, 6) is 0.222. The van der Waals surface area contributed by atoms with Crippen molar-refractivity contribution in [2.75, 3.05) is 0 Å². The van der Waals surface area contributed by atoms with Crippen LogP contribution < -0.4 is 10.5 Å². The number of nitriles is 1. The molecule has 4 rings (SSSR count). The molecule has 0 saturated carbocycles.